The Balaban J connectivity index is 1.88. The zero-order valence-electron chi connectivity index (χ0n) is 15.1. The molecular weight excluding hydrogens is 405 g/mol. The number of sulfone groups is 2. The molecule has 1 heterocycles. The summed E-state index contributed by atoms with van der Waals surface area (Å²) in [6.07, 6.45) is 6.66. The lowest BCUT2D eigenvalue weighted by molar-refractivity contribution is 0.600. The van der Waals surface area contributed by atoms with Gasteiger partial charge in [0.05, 0.1) is 27.5 Å². The van der Waals surface area contributed by atoms with Crippen LogP contribution >= 0.6 is 0 Å². The molecule has 3 aromatic rings. The van der Waals surface area contributed by atoms with Gasteiger partial charge in [0, 0.05) is 31.4 Å². The van der Waals surface area contributed by atoms with Crippen molar-refractivity contribution in [3.63, 3.8) is 0 Å². The summed E-state index contributed by atoms with van der Waals surface area (Å²) in [5.41, 5.74) is 1.18. The van der Waals surface area contributed by atoms with Crippen molar-refractivity contribution in [1.29, 1.82) is 0 Å². The van der Waals surface area contributed by atoms with E-state index in [-0.39, 0.29) is 22.0 Å². The molecule has 0 radical (unpaired) electrons. The summed E-state index contributed by atoms with van der Waals surface area (Å²) in [6.45, 7) is 0.155. The second-order valence-electron chi connectivity index (χ2n) is 6.31. The number of halogens is 1. The van der Waals surface area contributed by atoms with Crippen LogP contribution in [0.25, 0.3) is 5.69 Å². The van der Waals surface area contributed by atoms with Gasteiger partial charge in [-0.25, -0.2) is 26.2 Å². The summed E-state index contributed by atoms with van der Waals surface area (Å²) in [5.74, 6) is -0.451. The van der Waals surface area contributed by atoms with Gasteiger partial charge in [-0.2, -0.15) is 0 Å². The first-order valence-electron chi connectivity index (χ1n) is 8.10. The van der Waals surface area contributed by atoms with Crippen molar-refractivity contribution < 1.29 is 21.2 Å². The minimum Gasteiger partial charge on any atom is -0.380 e. The molecule has 3 rings (SSSR count). The lowest BCUT2D eigenvalue weighted by atomic mass is 10.2. The monoisotopic (exact) mass is 423 g/mol. The third-order valence-corrected chi connectivity index (χ3v) is 6.31. The molecule has 0 saturated heterocycles. The maximum absolute atomic E-state index is 14.4. The van der Waals surface area contributed by atoms with Crippen LogP contribution in [-0.2, 0) is 26.2 Å². The molecule has 7 nitrogen and oxygen atoms in total. The van der Waals surface area contributed by atoms with Crippen LogP contribution in [0.5, 0.6) is 0 Å². The van der Waals surface area contributed by atoms with E-state index in [1.807, 2.05) is 0 Å². The van der Waals surface area contributed by atoms with E-state index in [2.05, 4.69) is 10.3 Å². The molecule has 148 valence electrons. The van der Waals surface area contributed by atoms with Crippen LogP contribution in [0.3, 0.4) is 0 Å². The number of anilines is 1. The van der Waals surface area contributed by atoms with Gasteiger partial charge in [0.25, 0.3) is 0 Å². The summed E-state index contributed by atoms with van der Waals surface area (Å²) in [4.78, 5) is 3.66. The molecular formula is C18H18FN3O4S2. The maximum atomic E-state index is 14.4. The van der Waals surface area contributed by atoms with Crippen molar-refractivity contribution in [1.82, 2.24) is 9.55 Å². The third kappa shape index (κ3) is 4.39. The van der Waals surface area contributed by atoms with Crippen molar-refractivity contribution in [3.05, 3.63) is 66.5 Å². The molecule has 0 aliphatic carbocycles. The number of benzene rings is 2. The van der Waals surface area contributed by atoms with Gasteiger partial charge in [0.2, 0.25) is 0 Å². The molecule has 0 aliphatic heterocycles. The summed E-state index contributed by atoms with van der Waals surface area (Å²) in [5, 5.41) is 2.94. The Labute approximate surface area is 162 Å². The highest BCUT2D eigenvalue weighted by Gasteiger charge is 2.18. The minimum absolute atomic E-state index is 0.0887. The number of imidazole rings is 1. The van der Waals surface area contributed by atoms with E-state index in [1.54, 1.807) is 24.5 Å². The van der Waals surface area contributed by atoms with Gasteiger partial charge in [-0.15, -0.1) is 0 Å². The van der Waals surface area contributed by atoms with E-state index in [0.29, 0.717) is 11.3 Å². The molecule has 0 unspecified atom stereocenters. The molecule has 0 fully saturated rings. The molecule has 1 N–H and O–H groups in total. The van der Waals surface area contributed by atoms with Crippen molar-refractivity contribution in [2.24, 2.45) is 0 Å². The first-order chi connectivity index (χ1) is 13.1. The predicted octanol–water partition coefficient (Wildman–Crippen LogP) is 2.43. The SMILES string of the molecule is CS(=O)(=O)c1ccc(NCc2ccc(-n3ccnc3)c(F)c2)c(S(C)(=O)=O)c1. The fourth-order valence-electron chi connectivity index (χ4n) is 2.65. The van der Waals surface area contributed by atoms with Crippen LogP contribution < -0.4 is 5.32 Å². The van der Waals surface area contributed by atoms with Crippen molar-refractivity contribution in [2.45, 2.75) is 16.3 Å². The van der Waals surface area contributed by atoms with Crippen molar-refractivity contribution in [2.75, 3.05) is 17.8 Å². The van der Waals surface area contributed by atoms with E-state index in [4.69, 9.17) is 0 Å². The Morgan fingerprint density at radius 2 is 1.79 bits per heavy atom. The quantitative estimate of drug-likeness (QED) is 0.654. The first kappa shape index (κ1) is 20.0. The molecule has 0 amide bonds. The van der Waals surface area contributed by atoms with Gasteiger partial charge in [0.1, 0.15) is 5.82 Å². The van der Waals surface area contributed by atoms with E-state index in [1.165, 1.54) is 29.1 Å². The van der Waals surface area contributed by atoms with Crippen LogP contribution in [-0.4, -0.2) is 38.9 Å². The van der Waals surface area contributed by atoms with Crippen LogP contribution in [0.4, 0.5) is 10.1 Å². The number of nitrogens with zero attached hydrogens (tertiary/aromatic N) is 2. The molecule has 0 saturated carbocycles. The molecule has 2 aromatic carbocycles. The molecule has 1 aromatic heterocycles. The van der Waals surface area contributed by atoms with E-state index in [0.717, 1.165) is 18.6 Å². The lowest BCUT2D eigenvalue weighted by Crippen LogP contribution is -2.09. The van der Waals surface area contributed by atoms with Crippen molar-refractivity contribution >= 4 is 25.4 Å². The number of aromatic nitrogens is 2. The van der Waals surface area contributed by atoms with Gasteiger partial charge in [0.15, 0.2) is 19.7 Å². The second kappa shape index (κ2) is 7.36. The maximum Gasteiger partial charge on any atom is 0.177 e. The summed E-state index contributed by atoms with van der Waals surface area (Å²) >= 11 is 0. The number of hydrogen-bond donors (Lipinski definition) is 1. The Morgan fingerprint density at radius 3 is 2.36 bits per heavy atom. The zero-order valence-corrected chi connectivity index (χ0v) is 16.8. The minimum atomic E-state index is -3.68. The fourth-order valence-corrected chi connectivity index (χ4v) is 4.26. The highest BCUT2D eigenvalue weighted by atomic mass is 32.2. The third-order valence-electron chi connectivity index (χ3n) is 4.06. The number of nitrogens with one attached hydrogen (secondary N) is 1. The van der Waals surface area contributed by atoms with Gasteiger partial charge in [-0.1, -0.05) is 6.07 Å². The Hall–Kier alpha value is -2.72. The van der Waals surface area contributed by atoms with Gasteiger partial charge >= 0.3 is 0 Å². The van der Waals surface area contributed by atoms with Gasteiger partial charge in [-0.3, -0.25) is 0 Å². The number of hydrogen-bond acceptors (Lipinski definition) is 6. The zero-order chi connectivity index (χ0) is 20.5. The normalized spacial score (nSPS) is 12.1. The average molecular weight is 423 g/mol. The summed E-state index contributed by atoms with van der Waals surface area (Å²) in [6, 6.07) is 8.48. The number of rotatable bonds is 6. The largest absolute Gasteiger partial charge is 0.380 e. The van der Waals surface area contributed by atoms with Crippen LogP contribution in [0.1, 0.15) is 5.56 Å². The van der Waals surface area contributed by atoms with Crippen LogP contribution in [0.15, 0.2) is 64.9 Å². The lowest BCUT2D eigenvalue weighted by Gasteiger charge is -2.13. The van der Waals surface area contributed by atoms with Gasteiger partial charge < -0.3 is 9.88 Å². The fraction of sp³-hybridized carbons (Fsp3) is 0.167. The Kier molecular flexibility index (Phi) is 5.26. The molecule has 0 spiro atoms. The summed E-state index contributed by atoms with van der Waals surface area (Å²) < 4.78 is 63.4. The van der Waals surface area contributed by atoms with Crippen LogP contribution in [0, 0.1) is 5.82 Å². The standard InChI is InChI=1S/C18H18FN3O4S2/c1-27(23,24)14-4-5-16(18(10-14)28(2,25)26)21-11-13-3-6-17(15(19)9-13)22-8-7-20-12-22/h3-10,12,21H,11H2,1-2H3. The first-order valence-corrected chi connectivity index (χ1v) is 11.9. The van der Waals surface area contributed by atoms with Gasteiger partial charge in [-0.05, 0) is 35.9 Å². The molecule has 10 heteroatoms. The molecule has 0 aliphatic rings. The highest BCUT2D eigenvalue weighted by Crippen LogP contribution is 2.26. The summed E-state index contributed by atoms with van der Waals surface area (Å²) in [7, 11) is -7.23. The topological polar surface area (TPSA) is 98.1 Å². The van der Waals surface area contributed by atoms with E-state index >= 15 is 0 Å². The van der Waals surface area contributed by atoms with E-state index < -0.39 is 25.5 Å². The Bertz CT molecular complexity index is 1220. The predicted molar refractivity (Wildman–Crippen MR) is 104 cm³/mol. The van der Waals surface area contributed by atoms with Crippen LogP contribution in [0.2, 0.25) is 0 Å². The molecule has 0 bridgehead atoms. The second-order valence-corrected chi connectivity index (χ2v) is 10.3. The average Bonchev–Trinajstić information content (AvgIpc) is 3.12. The van der Waals surface area contributed by atoms with E-state index in [9.17, 15) is 21.2 Å². The molecule has 0 atom stereocenters. The smallest absolute Gasteiger partial charge is 0.177 e. The highest BCUT2D eigenvalue weighted by molar-refractivity contribution is 7.91. The van der Waals surface area contributed by atoms with Crippen molar-refractivity contribution in [3.8, 4) is 5.69 Å². The molecule has 28 heavy (non-hydrogen) atoms. The Morgan fingerprint density at radius 1 is 1.04 bits per heavy atom.